The van der Waals surface area contributed by atoms with Gasteiger partial charge in [0.25, 0.3) is 0 Å². The van der Waals surface area contributed by atoms with Gasteiger partial charge in [-0.25, -0.2) is 13.6 Å². The number of Topliss-reactive ketones (excluding diaryl/α,β-unsaturated/α-hetero) is 1. The van der Waals surface area contributed by atoms with Gasteiger partial charge in [0.1, 0.15) is 0 Å². The second kappa shape index (κ2) is 5.63. The van der Waals surface area contributed by atoms with Crippen molar-refractivity contribution in [3.05, 3.63) is 29.8 Å². The lowest BCUT2D eigenvalue weighted by Crippen LogP contribution is -2.12. The molecule has 0 aliphatic heterocycles. The average Bonchev–Trinajstić information content (AvgIpc) is 2.20. The van der Waals surface area contributed by atoms with Crippen molar-refractivity contribution in [2.75, 3.05) is 0 Å². The number of carbonyl (C=O) groups is 1. The summed E-state index contributed by atoms with van der Waals surface area (Å²) in [5, 5.41) is 4.87. The van der Waals surface area contributed by atoms with Gasteiger partial charge < -0.3 is 0 Å². The maximum atomic E-state index is 10.8. The second-order valence-corrected chi connectivity index (χ2v) is 4.19. The number of rotatable bonds is 2. The first-order chi connectivity index (χ1) is 6.91. The van der Waals surface area contributed by atoms with Crippen molar-refractivity contribution in [2.45, 2.75) is 25.7 Å². The Morgan fingerprint density at radius 2 is 1.53 bits per heavy atom. The molecule has 1 aromatic carbocycles. The summed E-state index contributed by atoms with van der Waals surface area (Å²) in [7, 11) is -3.66. The maximum absolute atomic E-state index is 10.8. The predicted molar refractivity (Wildman–Crippen MR) is 59.2 cm³/mol. The van der Waals surface area contributed by atoms with Gasteiger partial charge in [-0.1, -0.05) is 26.0 Å². The topological polar surface area (TPSA) is 77.2 Å². The minimum absolute atomic E-state index is 0.0116. The molecule has 0 aliphatic rings. The summed E-state index contributed by atoms with van der Waals surface area (Å²) >= 11 is 0. The van der Waals surface area contributed by atoms with E-state index in [9.17, 15) is 13.2 Å². The van der Waals surface area contributed by atoms with Crippen LogP contribution in [0, 0.1) is 0 Å². The van der Waals surface area contributed by atoms with Crippen molar-refractivity contribution < 1.29 is 13.2 Å². The Labute approximate surface area is 90.2 Å². The van der Waals surface area contributed by atoms with Crippen LogP contribution < -0.4 is 5.14 Å². The van der Waals surface area contributed by atoms with Gasteiger partial charge in [0, 0.05) is 5.56 Å². The monoisotopic (exact) mass is 229 g/mol. The van der Waals surface area contributed by atoms with E-state index in [1.807, 2.05) is 13.8 Å². The van der Waals surface area contributed by atoms with E-state index in [-0.39, 0.29) is 10.7 Å². The van der Waals surface area contributed by atoms with Crippen LogP contribution in [0.5, 0.6) is 0 Å². The second-order valence-electron chi connectivity index (χ2n) is 2.63. The molecule has 2 N–H and O–H groups in total. The van der Waals surface area contributed by atoms with Gasteiger partial charge in [0.15, 0.2) is 5.78 Å². The Hall–Kier alpha value is -1.20. The van der Waals surface area contributed by atoms with Crippen LogP contribution in [0.1, 0.15) is 31.1 Å². The van der Waals surface area contributed by atoms with Crippen LogP contribution in [-0.2, 0) is 10.0 Å². The summed E-state index contributed by atoms with van der Waals surface area (Å²) in [4.78, 5) is 10.8. The molecule has 4 nitrogen and oxygen atoms in total. The van der Waals surface area contributed by atoms with Crippen LogP contribution in [0.2, 0.25) is 0 Å². The Kier molecular flexibility index (Phi) is 5.18. The lowest BCUT2D eigenvalue weighted by Gasteiger charge is -1.98. The average molecular weight is 229 g/mol. The predicted octanol–water partition coefficient (Wildman–Crippen LogP) is 1.56. The molecule has 1 rings (SSSR count). The normalized spacial score (nSPS) is 10.1. The van der Waals surface area contributed by atoms with Crippen LogP contribution in [0.25, 0.3) is 0 Å². The Bertz CT molecular complexity index is 420. The third-order valence-electron chi connectivity index (χ3n) is 1.59. The third-order valence-corrected chi connectivity index (χ3v) is 2.52. The van der Waals surface area contributed by atoms with Gasteiger partial charge in [0.2, 0.25) is 10.0 Å². The first kappa shape index (κ1) is 13.8. The van der Waals surface area contributed by atoms with Crippen LogP contribution >= 0.6 is 0 Å². The van der Waals surface area contributed by atoms with Gasteiger partial charge in [0.05, 0.1) is 4.90 Å². The highest BCUT2D eigenvalue weighted by Crippen LogP contribution is 2.08. The van der Waals surface area contributed by atoms with E-state index in [0.717, 1.165) is 0 Å². The van der Waals surface area contributed by atoms with Crippen molar-refractivity contribution in [1.29, 1.82) is 0 Å². The minimum atomic E-state index is -3.66. The molecule has 1 aromatic rings. The fraction of sp³-hybridized carbons (Fsp3) is 0.300. The molecule has 0 bridgehead atoms. The molecule has 0 aromatic heterocycles. The lowest BCUT2D eigenvalue weighted by molar-refractivity contribution is 0.101. The van der Waals surface area contributed by atoms with Gasteiger partial charge in [-0.15, -0.1) is 0 Å². The van der Waals surface area contributed by atoms with Gasteiger partial charge >= 0.3 is 0 Å². The largest absolute Gasteiger partial charge is 0.295 e. The first-order valence-corrected chi connectivity index (χ1v) is 6.09. The molecule has 0 saturated heterocycles. The van der Waals surface area contributed by atoms with Crippen LogP contribution in [0.15, 0.2) is 29.2 Å². The fourth-order valence-corrected chi connectivity index (χ4v) is 1.39. The molecule has 0 radical (unpaired) electrons. The minimum Gasteiger partial charge on any atom is -0.295 e. The summed E-state index contributed by atoms with van der Waals surface area (Å²) in [5.41, 5.74) is 0.465. The standard InChI is InChI=1S/C8H9NO3S.C2H6/c1-6(10)7-2-4-8(5-3-7)13(9,11)12;1-2/h2-5H,1H3,(H2,9,11,12);1-2H3. The van der Waals surface area contributed by atoms with Crippen LogP contribution in [0.4, 0.5) is 0 Å². The molecular formula is C10H15NO3S. The molecule has 0 atom stereocenters. The summed E-state index contributed by atoms with van der Waals surface area (Å²) in [6, 6.07) is 5.49. The quantitative estimate of drug-likeness (QED) is 0.782. The molecule has 0 spiro atoms. The van der Waals surface area contributed by atoms with Crippen molar-refractivity contribution in [2.24, 2.45) is 5.14 Å². The summed E-state index contributed by atoms with van der Waals surface area (Å²) in [6.07, 6.45) is 0. The van der Waals surface area contributed by atoms with E-state index in [4.69, 9.17) is 5.14 Å². The lowest BCUT2D eigenvalue weighted by atomic mass is 10.2. The molecular weight excluding hydrogens is 214 g/mol. The Morgan fingerprint density at radius 3 is 1.80 bits per heavy atom. The molecule has 15 heavy (non-hydrogen) atoms. The number of ketones is 1. The van der Waals surface area contributed by atoms with Crippen molar-refractivity contribution in [3.8, 4) is 0 Å². The molecule has 5 heteroatoms. The van der Waals surface area contributed by atoms with Crippen LogP contribution in [-0.4, -0.2) is 14.2 Å². The summed E-state index contributed by atoms with van der Waals surface area (Å²) < 4.78 is 21.6. The Morgan fingerprint density at radius 1 is 1.13 bits per heavy atom. The molecule has 0 saturated carbocycles. The zero-order valence-corrected chi connectivity index (χ0v) is 9.84. The number of hydrogen-bond donors (Lipinski definition) is 1. The summed E-state index contributed by atoms with van der Waals surface area (Å²) in [5.74, 6) is -0.110. The fourth-order valence-electron chi connectivity index (χ4n) is 0.879. The first-order valence-electron chi connectivity index (χ1n) is 4.55. The van der Waals surface area contributed by atoms with Gasteiger partial charge in [-0.05, 0) is 19.1 Å². The van der Waals surface area contributed by atoms with E-state index in [1.165, 1.54) is 31.2 Å². The van der Waals surface area contributed by atoms with Crippen molar-refractivity contribution in [3.63, 3.8) is 0 Å². The molecule has 0 heterocycles. The van der Waals surface area contributed by atoms with Gasteiger partial charge in [-0.3, -0.25) is 4.79 Å². The van der Waals surface area contributed by atoms with Crippen molar-refractivity contribution in [1.82, 2.24) is 0 Å². The number of benzene rings is 1. The Balaban J connectivity index is 0.000000921. The maximum Gasteiger partial charge on any atom is 0.238 e. The van der Waals surface area contributed by atoms with Crippen LogP contribution in [0.3, 0.4) is 0 Å². The highest BCUT2D eigenvalue weighted by Gasteiger charge is 2.07. The van der Waals surface area contributed by atoms with E-state index in [0.29, 0.717) is 5.56 Å². The van der Waals surface area contributed by atoms with Crippen molar-refractivity contribution >= 4 is 15.8 Å². The number of hydrogen-bond acceptors (Lipinski definition) is 3. The highest BCUT2D eigenvalue weighted by atomic mass is 32.2. The number of carbonyl (C=O) groups excluding carboxylic acids is 1. The zero-order valence-electron chi connectivity index (χ0n) is 9.02. The van der Waals surface area contributed by atoms with E-state index < -0.39 is 10.0 Å². The molecule has 0 amide bonds. The van der Waals surface area contributed by atoms with E-state index in [1.54, 1.807) is 0 Å². The van der Waals surface area contributed by atoms with E-state index in [2.05, 4.69) is 0 Å². The number of primary sulfonamides is 1. The van der Waals surface area contributed by atoms with E-state index >= 15 is 0 Å². The molecule has 0 aliphatic carbocycles. The molecule has 0 fully saturated rings. The SMILES string of the molecule is CC.CC(=O)c1ccc(S(N)(=O)=O)cc1. The molecule has 84 valence electrons. The number of nitrogens with two attached hydrogens (primary N) is 1. The molecule has 0 unspecified atom stereocenters. The van der Waals surface area contributed by atoms with Gasteiger partial charge in [-0.2, -0.15) is 0 Å². The summed E-state index contributed by atoms with van der Waals surface area (Å²) in [6.45, 7) is 5.41. The zero-order chi connectivity index (χ0) is 12.1. The number of sulfonamides is 1. The highest BCUT2D eigenvalue weighted by molar-refractivity contribution is 7.89. The third kappa shape index (κ3) is 4.22. The smallest absolute Gasteiger partial charge is 0.238 e.